The van der Waals surface area contributed by atoms with E-state index in [9.17, 15) is 13.6 Å². The van der Waals surface area contributed by atoms with Crippen molar-refractivity contribution in [3.8, 4) is 0 Å². The molecule has 18 heavy (non-hydrogen) atoms. The van der Waals surface area contributed by atoms with Crippen LogP contribution in [0.5, 0.6) is 0 Å². The molecule has 0 radical (unpaired) electrons. The van der Waals surface area contributed by atoms with Crippen molar-refractivity contribution in [2.45, 2.75) is 25.8 Å². The minimum absolute atomic E-state index is 0. The Hall–Kier alpha value is -1.21. The Morgan fingerprint density at radius 2 is 2.28 bits per heavy atom. The smallest absolute Gasteiger partial charge is 0.257 e. The van der Waals surface area contributed by atoms with Gasteiger partial charge in [0.05, 0.1) is 11.9 Å². The summed E-state index contributed by atoms with van der Waals surface area (Å²) in [5.74, 6) is -0.142. The van der Waals surface area contributed by atoms with E-state index in [0.29, 0.717) is 12.1 Å². The first-order chi connectivity index (χ1) is 8.11. The maximum Gasteiger partial charge on any atom is 0.257 e. The normalized spacial score (nSPS) is 10.2. The fourth-order valence-electron chi connectivity index (χ4n) is 1.32. The van der Waals surface area contributed by atoms with Crippen LogP contribution in [0.4, 0.5) is 14.5 Å². The molecule has 0 aliphatic heterocycles. The van der Waals surface area contributed by atoms with E-state index in [1.54, 1.807) is 0 Å². The molecule has 0 spiro atoms. The molecule has 1 aromatic heterocycles. The van der Waals surface area contributed by atoms with Gasteiger partial charge in [-0.25, -0.2) is 8.78 Å². The minimum Gasteiger partial charge on any atom is -0.323 e. The SMILES string of the molecule is CNCCCC(=O)Nc1cnn(CC(F)F)c1.Cl. The van der Waals surface area contributed by atoms with Crippen LogP contribution in [-0.2, 0) is 11.3 Å². The van der Waals surface area contributed by atoms with Crippen LogP contribution in [0.25, 0.3) is 0 Å². The molecule has 0 saturated carbocycles. The third-order valence-electron chi connectivity index (χ3n) is 2.07. The van der Waals surface area contributed by atoms with Crippen molar-refractivity contribution in [2.24, 2.45) is 0 Å². The van der Waals surface area contributed by atoms with E-state index in [2.05, 4.69) is 15.7 Å². The Morgan fingerprint density at radius 1 is 1.56 bits per heavy atom. The molecule has 8 heteroatoms. The van der Waals surface area contributed by atoms with Crippen molar-refractivity contribution in [3.05, 3.63) is 12.4 Å². The molecule has 0 aliphatic rings. The molecule has 0 saturated heterocycles. The van der Waals surface area contributed by atoms with Crippen LogP contribution in [0.1, 0.15) is 12.8 Å². The third-order valence-corrected chi connectivity index (χ3v) is 2.07. The lowest BCUT2D eigenvalue weighted by molar-refractivity contribution is -0.116. The zero-order chi connectivity index (χ0) is 12.7. The fourth-order valence-corrected chi connectivity index (χ4v) is 1.32. The van der Waals surface area contributed by atoms with Crippen LogP contribution in [0.15, 0.2) is 12.4 Å². The Labute approximate surface area is 110 Å². The number of hydrogen-bond donors (Lipinski definition) is 2. The number of carbonyl (C=O) groups is 1. The first-order valence-corrected chi connectivity index (χ1v) is 5.37. The maximum atomic E-state index is 12.0. The molecule has 1 heterocycles. The van der Waals surface area contributed by atoms with Gasteiger partial charge in [-0.15, -0.1) is 12.4 Å². The van der Waals surface area contributed by atoms with Gasteiger partial charge in [-0.2, -0.15) is 5.10 Å². The molecule has 0 bridgehead atoms. The molecule has 0 unspecified atom stereocenters. The van der Waals surface area contributed by atoms with Gasteiger partial charge in [-0.1, -0.05) is 0 Å². The molecule has 2 N–H and O–H groups in total. The van der Waals surface area contributed by atoms with Gasteiger partial charge in [0.2, 0.25) is 5.91 Å². The van der Waals surface area contributed by atoms with Crippen molar-refractivity contribution in [2.75, 3.05) is 18.9 Å². The highest BCUT2D eigenvalue weighted by Crippen LogP contribution is 2.07. The number of halogens is 3. The van der Waals surface area contributed by atoms with Gasteiger partial charge in [0.25, 0.3) is 6.43 Å². The number of hydrogen-bond acceptors (Lipinski definition) is 3. The van der Waals surface area contributed by atoms with E-state index in [1.807, 2.05) is 7.05 Å². The molecule has 0 aliphatic carbocycles. The van der Waals surface area contributed by atoms with Crippen molar-refractivity contribution >= 4 is 24.0 Å². The number of nitrogens with one attached hydrogen (secondary N) is 2. The number of anilines is 1. The van der Waals surface area contributed by atoms with Gasteiger partial charge < -0.3 is 10.6 Å². The van der Waals surface area contributed by atoms with Crippen LogP contribution >= 0.6 is 12.4 Å². The second-order valence-corrected chi connectivity index (χ2v) is 3.60. The number of rotatable bonds is 7. The summed E-state index contributed by atoms with van der Waals surface area (Å²) < 4.78 is 25.2. The minimum atomic E-state index is -2.45. The largest absolute Gasteiger partial charge is 0.323 e. The monoisotopic (exact) mass is 282 g/mol. The summed E-state index contributed by atoms with van der Waals surface area (Å²) in [6.07, 6.45) is 1.42. The number of amides is 1. The van der Waals surface area contributed by atoms with Gasteiger partial charge in [-0.3, -0.25) is 9.48 Å². The van der Waals surface area contributed by atoms with Gasteiger partial charge in [0, 0.05) is 12.6 Å². The molecule has 1 amide bonds. The average Bonchev–Trinajstić information content (AvgIpc) is 2.64. The van der Waals surface area contributed by atoms with Crippen LogP contribution in [0, 0.1) is 0 Å². The highest BCUT2D eigenvalue weighted by Gasteiger charge is 2.07. The molecule has 104 valence electrons. The number of carbonyl (C=O) groups excluding carboxylic acids is 1. The Bertz CT molecular complexity index is 359. The molecular weight excluding hydrogens is 266 g/mol. The van der Waals surface area contributed by atoms with Gasteiger partial charge >= 0.3 is 0 Å². The highest BCUT2D eigenvalue weighted by molar-refractivity contribution is 5.90. The molecule has 0 atom stereocenters. The lowest BCUT2D eigenvalue weighted by atomic mass is 10.3. The Kier molecular flexibility index (Phi) is 8.23. The van der Waals surface area contributed by atoms with E-state index in [0.717, 1.165) is 17.6 Å². The quantitative estimate of drug-likeness (QED) is 0.745. The summed E-state index contributed by atoms with van der Waals surface area (Å²) in [5.41, 5.74) is 0.445. The maximum absolute atomic E-state index is 12.0. The molecule has 1 rings (SSSR count). The van der Waals surface area contributed by atoms with Crippen LogP contribution in [-0.4, -0.2) is 35.7 Å². The first-order valence-electron chi connectivity index (χ1n) is 5.37. The first kappa shape index (κ1) is 16.8. The average molecular weight is 283 g/mol. The molecule has 0 fully saturated rings. The zero-order valence-corrected chi connectivity index (χ0v) is 10.8. The van der Waals surface area contributed by atoms with E-state index in [-0.39, 0.29) is 18.3 Å². The summed E-state index contributed by atoms with van der Waals surface area (Å²) in [5, 5.41) is 9.25. The van der Waals surface area contributed by atoms with Crippen LogP contribution in [0.3, 0.4) is 0 Å². The van der Waals surface area contributed by atoms with Gasteiger partial charge in [0.1, 0.15) is 6.54 Å². The zero-order valence-electron chi connectivity index (χ0n) is 10.0. The lowest BCUT2D eigenvalue weighted by Crippen LogP contribution is -2.15. The number of alkyl halides is 2. The predicted octanol–water partition coefficient (Wildman–Crippen LogP) is 1.51. The standard InChI is InChI=1S/C10H16F2N4O.ClH/c1-13-4-2-3-10(17)15-8-5-14-16(6-8)7-9(11)12;/h5-6,9,13H,2-4,7H2,1H3,(H,15,17);1H. The molecule has 5 nitrogen and oxygen atoms in total. The summed E-state index contributed by atoms with van der Waals surface area (Å²) in [4.78, 5) is 11.4. The van der Waals surface area contributed by atoms with E-state index >= 15 is 0 Å². The lowest BCUT2D eigenvalue weighted by Gasteiger charge is -2.02. The van der Waals surface area contributed by atoms with Crippen LogP contribution in [0.2, 0.25) is 0 Å². The summed E-state index contributed by atoms with van der Waals surface area (Å²) >= 11 is 0. The van der Waals surface area contributed by atoms with Crippen molar-refractivity contribution < 1.29 is 13.6 Å². The van der Waals surface area contributed by atoms with Gasteiger partial charge in [0.15, 0.2) is 0 Å². The number of nitrogens with zero attached hydrogens (tertiary/aromatic N) is 2. The second-order valence-electron chi connectivity index (χ2n) is 3.60. The highest BCUT2D eigenvalue weighted by atomic mass is 35.5. The van der Waals surface area contributed by atoms with E-state index < -0.39 is 13.0 Å². The summed E-state index contributed by atoms with van der Waals surface area (Å²) in [6.45, 7) is 0.299. The molecular formula is C10H17ClF2N4O. The topological polar surface area (TPSA) is 59.0 Å². The molecule has 1 aromatic rings. The fraction of sp³-hybridized carbons (Fsp3) is 0.600. The van der Waals surface area contributed by atoms with Crippen molar-refractivity contribution in [1.82, 2.24) is 15.1 Å². The van der Waals surface area contributed by atoms with E-state index in [4.69, 9.17) is 0 Å². The number of aromatic nitrogens is 2. The third kappa shape index (κ3) is 6.51. The van der Waals surface area contributed by atoms with E-state index in [1.165, 1.54) is 12.4 Å². The molecule has 0 aromatic carbocycles. The van der Waals surface area contributed by atoms with Crippen LogP contribution < -0.4 is 10.6 Å². The second kappa shape index (κ2) is 8.82. The van der Waals surface area contributed by atoms with Crippen molar-refractivity contribution in [1.29, 1.82) is 0 Å². The Morgan fingerprint density at radius 3 is 2.89 bits per heavy atom. The summed E-state index contributed by atoms with van der Waals surface area (Å²) in [6, 6.07) is 0. The Balaban J connectivity index is 0.00000289. The summed E-state index contributed by atoms with van der Waals surface area (Å²) in [7, 11) is 1.81. The van der Waals surface area contributed by atoms with Crippen molar-refractivity contribution in [3.63, 3.8) is 0 Å². The predicted molar refractivity (Wildman–Crippen MR) is 67.3 cm³/mol. The van der Waals surface area contributed by atoms with Gasteiger partial charge in [-0.05, 0) is 20.0 Å².